The van der Waals surface area contributed by atoms with E-state index in [0.717, 1.165) is 0 Å². The Morgan fingerprint density at radius 2 is 1.85 bits per heavy atom. The van der Waals surface area contributed by atoms with Gasteiger partial charge in [-0.15, -0.1) is 0 Å². The van der Waals surface area contributed by atoms with Gasteiger partial charge in [0.2, 0.25) is 0 Å². The highest BCUT2D eigenvalue weighted by Gasteiger charge is 2.28. The Labute approximate surface area is 157 Å². The van der Waals surface area contributed by atoms with Crippen molar-refractivity contribution in [3.8, 4) is 6.07 Å². The summed E-state index contributed by atoms with van der Waals surface area (Å²) in [5.74, 6) is -1.46. The van der Waals surface area contributed by atoms with Crippen LogP contribution in [0.25, 0.3) is 10.9 Å². The average molecular weight is 361 g/mol. The molecule has 0 fully saturated rings. The molecule has 1 unspecified atom stereocenters. The maximum atomic E-state index is 13.1. The summed E-state index contributed by atoms with van der Waals surface area (Å²) < 4.78 is 6.74. The number of aromatic nitrogens is 2. The lowest BCUT2D eigenvalue weighted by atomic mass is 9.95. The van der Waals surface area contributed by atoms with Gasteiger partial charge >= 0.3 is 6.09 Å². The van der Waals surface area contributed by atoms with Crippen molar-refractivity contribution in [1.29, 1.82) is 5.26 Å². The number of ketones is 1. The van der Waals surface area contributed by atoms with Crippen LogP contribution in [0, 0.1) is 11.3 Å². The van der Waals surface area contributed by atoms with Crippen molar-refractivity contribution >= 4 is 22.8 Å². The summed E-state index contributed by atoms with van der Waals surface area (Å²) in [4.78, 5) is 29.8. The summed E-state index contributed by atoms with van der Waals surface area (Å²) in [7, 11) is 0. The summed E-state index contributed by atoms with van der Waals surface area (Å²) in [6.07, 6.45) is 2.40. The molecule has 1 atom stereocenters. The van der Waals surface area contributed by atoms with Gasteiger partial charge < -0.3 is 4.74 Å². The molecule has 2 aromatic heterocycles. The van der Waals surface area contributed by atoms with Crippen LogP contribution in [0.3, 0.4) is 0 Å². The van der Waals surface area contributed by atoms with E-state index in [4.69, 9.17) is 4.74 Å². The second-order valence-electron chi connectivity index (χ2n) is 7.09. The predicted molar refractivity (Wildman–Crippen MR) is 100 cm³/mol. The van der Waals surface area contributed by atoms with Crippen molar-refractivity contribution < 1.29 is 14.3 Å². The molecule has 6 nitrogen and oxygen atoms in total. The minimum absolute atomic E-state index is 0.286. The second-order valence-corrected chi connectivity index (χ2v) is 7.09. The van der Waals surface area contributed by atoms with E-state index < -0.39 is 23.4 Å². The monoisotopic (exact) mass is 361 g/mol. The first-order valence-corrected chi connectivity index (χ1v) is 8.50. The molecule has 6 heteroatoms. The predicted octanol–water partition coefficient (Wildman–Crippen LogP) is 4.31. The lowest BCUT2D eigenvalue weighted by Gasteiger charge is -2.19. The lowest BCUT2D eigenvalue weighted by Crippen LogP contribution is -2.26. The van der Waals surface area contributed by atoms with Crippen molar-refractivity contribution in [2.24, 2.45) is 0 Å². The van der Waals surface area contributed by atoms with Crippen molar-refractivity contribution in [2.45, 2.75) is 32.3 Å². The van der Waals surface area contributed by atoms with Crippen molar-refractivity contribution in [3.05, 3.63) is 66.1 Å². The molecule has 0 aliphatic carbocycles. The number of rotatable bonds is 3. The van der Waals surface area contributed by atoms with Gasteiger partial charge in [-0.25, -0.2) is 4.79 Å². The molecule has 3 aromatic rings. The topological polar surface area (TPSA) is 85.0 Å². The molecule has 0 saturated carbocycles. The quantitative estimate of drug-likeness (QED) is 0.649. The minimum Gasteiger partial charge on any atom is -0.443 e. The van der Waals surface area contributed by atoms with Crippen molar-refractivity contribution in [3.63, 3.8) is 0 Å². The Balaban J connectivity index is 2.09. The van der Waals surface area contributed by atoms with Crippen LogP contribution >= 0.6 is 0 Å². The Kier molecular flexibility index (Phi) is 4.78. The molecule has 0 saturated heterocycles. The van der Waals surface area contributed by atoms with Crippen LogP contribution in [0.4, 0.5) is 4.79 Å². The third-order valence-electron chi connectivity index (χ3n) is 3.94. The highest BCUT2D eigenvalue weighted by atomic mass is 16.6. The molecule has 0 bridgehead atoms. The number of para-hydroxylation sites is 1. The molecule has 2 heterocycles. The van der Waals surface area contributed by atoms with Gasteiger partial charge in [-0.05, 0) is 39.0 Å². The van der Waals surface area contributed by atoms with Gasteiger partial charge in [-0.3, -0.25) is 14.3 Å². The summed E-state index contributed by atoms with van der Waals surface area (Å²) in [5.41, 5.74) is 0.538. The van der Waals surface area contributed by atoms with Crippen LogP contribution in [0.5, 0.6) is 0 Å². The number of hydrogen-bond acceptors (Lipinski definition) is 5. The Morgan fingerprint density at radius 1 is 1.15 bits per heavy atom. The molecule has 0 aliphatic heterocycles. The van der Waals surface area contributed by atoms with Gasteiger partial charge in [0.15, 0.2) is 11.7 Å². The Bertz CT molecular complexity index is 1040. The standard InChI is InChI=1S/C21H19N3O3/c1-21(2,3)27-20(26)24-13-16(14-8-4-5-10-18(14)24)19(25)15(12-22)17-9-6-7-11-23-17/h4-11,13,15H,1-3H3. The first-order chi connectivity index (χ1) is 12.8. The van der Waals surface area contributed by atoms with E-state index in [1.54, 1.807) is 63.2 Å². The van der Waals surface area contributed by atoms with Gasteiger partial charge in [0.1, 0.15) is 5.60 Å². The SMILES string of the molecule is CC(C)(C)OC(=O)n1cc(C(=O)C(C#N)c2ccccn2)c2ccccc21. The van der Waals surface area contributed by atoms with Gasteiger partial charge in [-0.1, -0.05) is 24.3 Å². The molecular formula is C21H19N3O3. The normalized spacial score (nSPS) is 12.4. The third-order valence-corrected chi connectivity index (χ3v) is 3.94. The first kappa shape index (κ1) is 18.3. The minimum atomic E-state index is -1.05. The Hall–Kier alpha value is -3.46. The van der Waals surface area contributed by atoms with E-state index in [9.17, 15) is 14.9 Å². The van der Waals surface area contributed by atoms with Gasteiger partial charge in [-0.2, -0.15) is 5.26 Å². The number of benzene rings is 1. The van der Waals surface area contributed by atoms with E-state index in [2.05, 4.69) is 4.98 Å². The molecule has 27 heavy (non-hydrogen) atoms. The number of hydrogen-bond donors (Lipinski definition) is 0. The van der Waals surface area contributed by atoms with E-state index in [1.807, 2.05) is 6.07 Å². The van der Waals surface area contributed by atoms with Gasteiger partial charge in [0, 0.05) is 23.3 Å². The van der Waals surface area contributed by atoms with Gasteiger partial charge in [0.25, 0.3) is 0 Å². The molecule has 3 rings (SSSR count). The maximum absolute atomic E-state index is 13.1. The molecule has 0 spiro atoms. The fourth-order valence-corrected chi connectivity index (χ4v) is 2.80. The Morgan fingerprint density at radius 3 is 2.48 bits per heavy atom. The molecule has 136 valence electrons. The third kappa shape index (κ3) is 3.72. The van der Waals surface area contributed by atoms with Crippen LogP contribution in [-0.2, 0) is 4.74 Å². The number of nitriles is 1. The van der Waals surface area contributed by atoms with Crippen LogP contribution in [-0.4, -0.2) is 27.0 Å². The van der Waals surface area contributed by atoms with Gasteiger partial charge in [0.05, 0.1) is 17.3 Å². The summed E-state index contributed by atoms with van der Waals surface area (Å²) >= 11 is 0. The van der Waals surface area contributed by atoms with Crippen LogP contribution in [0.15, 0.2) is 54.9 Å². The fourth-order valence-electron chi connectivity index (χ4n) is 2.80. The first-order valence-electron chi connectivity index (χ1n) is 8.50. The zero-order chi connectivity index (χ0) is 19.6. The number of carbonyl (C=O) groups is 2. The number of Topliss-reactive ketones (excluding diaryl/α,β-unsaturated/α-hetero) is 1. The highest BCUT2D eigenvalue weighted by molar-refractivity contribution is 6.13. The van der Waals surface area contributed by atoms with Crippen molar-refractivity contribution in [1.82, 2.24) is 9.55 Å². The van der Waals surface area contributed by atoms with E-state index in [0.29, 0.717) is 16.6 Å². The molecule has 0 amide bonds. The average Bonchev–Trinajstić information content (AvgIpc) is 3.01. The number of ether oxygens (including phenoxy) is 1. The van der Waals surface area contributed by atoms with Crippen LogP contribution in [0.2, 0.25) is 0 Å². The fraction of sp³-hybridized carbons (Fsp3) is 0.238. The largest absolute Gasteiger partial charge is 0.443 e. The van der Waals surface area contributed by atoms with E-state index >= 15 is 0 Å². The summed E-state index contributed by atoms with van der Waals surface area (Å²) in [5, 5.41) is 10.1. The number of nitrogens with zero attached hydrogens (tertiary/aromatic N) is 3. The number of carbonyl (C=O) groups excluding carboxylic acids is 2. The lowest BCUT2D eigenvalue weighted by molar-refractivity contribution is 0.0544. The summed E-state index contributed by atoms with van der Waals surface area (Å²) in [6.45, 7) is 5.32. The smallest absolute Gasteiger partial charge is 0.419 e. The maximum Gasteiger partial charge on any atom is 0.419 e. The van der Waals surface area contributed by atoms with E-state index in [1.165, 1.54) is 17.0 Å². The van der Waals surface area contributed by atoms with Crippen molar-refractivity contribution in [2.75, 3.05) is 0 Å². The summed E-state index contributed by atoms with van der Waals surface area (Å²) in [6, 6.07) is 14.1. The zero-order valence-electron chi connectivity index (χ0n) is 15.3. The zero-order valence-corrected chi connectivity index (χ0v) is 15.3. The number of fused-ring (bicyclic) bond motifs is 1. The van der Waals surface area contributed by atoms with Crippen LogP contribution in [0.1, 0.15) is 42.7 Å². The van der Waals surface area contributed by atoms with Crippen LogP contribution < -0.4 is 0 Å². The molecule has 0 radical (unpaired) electrons. The number of pyridine rings is 1. The molecule has 1 aromatic carbocycles. The second kappa shape index (κ2) is 7.04. The highest BCUT2D eigenvalue weighted by Crippen LogP contribution is 2.27. The molecule has 0 aliphatic rings. The molecule has 0 N–H and O–H groups in total. The van der Waals surface area contributed by atoms with E-state index in [-0.39, 0.29) is 5.56 Å². The molecular weight excluding hydrogens is 342 g/mol.